The summed E-state index contributed by atoms with van der Waals surface area (Å²) in [6, 6.07) is 1.54. The molecular weight excluding hydrogens is 196 g/mol. The van der Waals surface area contributed by atoms with Crippen molar-refractivity contribution < 1.29 is 0 Å². The molecule has 2 heteroatoms. The van der Waals surface area contributed by atoms with Crippen LogP contribution in [0.4, 0.5) is 0 Å². The minimum Gasteiger partial charge on any atom is -0.329 e. The molecule has 2 nitrogen and oxygen atoms in total. The van der Waals surface area contributed by atoms with E-state index in [2.05, 4.69) is 11.8 Å². The van der Waals surface area contributed by atoms with Crippen molar-refractivity contribution in [2.24, 2.45) is 11.7 Å². The number of nitrogens with zero attached hydrogens (tertiary/aromatic N) is 1. The molecule has 0 aromatic rings. The van der Waals surface area contributed by atoms with Crippen molar-refractivity contribution in [2.75, 3.05) is 13.1 Å². The van der Waals surface area contributed by atoms with Gasteiger partial charge >= 0.3 is 0 Å². The monoisotopic (exact) mass is 224 g/mol. The van der Waals surface area contributed by atoms with Crippen LogP contribution in [-0.2, 0) is 0 Å². The molecule has 16 heavy (non-hydrogen) atoms. The van der Waals surface area contributed by atoms with Crippen LogP contribution in [0, 0.1) is 5.92 Å². The normalized spacial score (nSPS) is 33.4. The van der Waals surface area contributed by atoms with Crippen molar-refractivity contribution in [3.05, 3.63) is 0 Å². The Morgan fingerprint density at radius 2 is 1.94 bits per heavy atom. The van der Waals surface area contributed by atoms with Gasteiger partial charge in [-0.25, -0.2) is 0 Å². The van der Waals surface area contributed by atoms with E-state index in [1.54, 1.807) is 0 Å². The molecule has 0 bridgehead atoms. The summed E-state index contributed by atoms with van der Waals surface area (Å²) in [6.45, 7) is 4.45. The van der Waals surface area contributed by atoms with Crippen molar-refractivity contribution in [3.63, 3.8) is 0 Å². The molecule has 0 aromatic heterocycles. The lowest BCUT2D eigenvalue weighted by molar-refractivity contribution is 0.0253. The average molecular weight is 224 g/mol. The first kappa shape index (κ1) is 12.4. The fraction of sp³-hybridized carbons (Fsp3) is 1.00. The molecule has 94 valence electrons. The topological polar surface area (TPSA) is 29.3 Å². The van der Waals surface area contributed by atoms with Crippen molar-refractivity contribution in [1.82, 2.24) is 4.90 Å². The Bertz CT molecular complexity index is 203. The molecule has 2 rings (SSSR count). The minimum absolute atomic E-state index is 0.663. The van der Waals surface area contributed by atoms with E-state index in [0.717, 1.165) is 18.5 Å². The van der Waals surface area contributed by atoms with Gasteiger partial charge in [-0.2, -0.15) is 0 Å². The highest BCUT2D eigenvalue weighted by atomic mass is 15.2. The second-order valence-electron chi connectivity index (χ2n) is 5.67. The quantitative estimate of drug-likeness (QED) is 0.795. The molecule has 0 radical (unpaired) electrons. The Hall–Kier alpha value is -0.0800. The Labute approximate surface area is 101 Å². The second kappa shape index (κ2) is 6.02. The molecule has 1 saturated carbocycles. The summed E-state index contributed by atoms with van der Waals surface area (Å²) in [5, 5.41) is 0. The smallest absolute Gasteiger partial charge is 0.0221 e. The molecule has 0 aromatic carbocycles. The van der Waals surface area contributed by atoms with Crippen molar-refractivity contribution in [1.29, 1.82) is 0 Å². The van der Waals surface area contributed by atoms with E-state index in [9.17, 15) is 0 Å². The summed E-state index contributed by atoms with van der Waals surface area (Å²) < 4.78 is 0. The van der Waals surface area contributed by atoms with Crippen molar-refractivity contribution in [3.8, 4) is 0 Å². The maximum atomic E-state index is 5.97. The van der Waals surface area contributed by atoms with Gasteiger partial charge in [-0.15, -0.1) is 0 Å². The van der Waals surface area contributed by atoms with Crippen LogP contribution in [0.1, 0.15) is 58.3 Å². The van der Waals surface area contributed by atoms with E-state index < -0.39 is 0 Å². The summed E-state index contributed by atoms with van der Waals surface area (Å²) in [5.74, 6) is 0.994. The zero-order valence-electron chi connectivity index (χ0n) is 10.8. The molecule has 2 fully saturated rings. The van der Waals surface area contributed by atoms with Crippen LogP contribution in [0.25, 0.3) is 0 Å². The largest absolute Gasteiger partial charge is 0.329 e. The zero-order chi connectivity index (χ0) is 11.4. The molecular formula is C14H28N2. The molecule has 3 atom stereocenters. The van der Waals surface area contributed by atoms with E-state index in [4.69, 9.17) is 5.73 Å². The number of likely N-dealkylation sites (tertiary alicyclic amines) is 1. The third-order valence-corrected chi connectivity index (χ3v) is 4.65. The van der Waals surface area contributed by atoms with Gasteiger partial charge < -0.3 is 5.73 Å². The Kier molecular flexibility index (Phi) is 4.66. The van der Waals surface area contributed by atoms with Crippen LogP contribution in [0.2, 0.25) is 0 Å². The van der Waals surface area contributed by atoms with Gasteiger partial charge in [0, 0.05) is 18.6 Å². The lowest BCUT2D eigenvalue weighted by atomic mass is 9.77. The van der Waals surface area contributed by atoms with Crippen molar-refractivity contribution in [2.45, 2.75) is 70.4 Å². The first-order chi connectivity index (χ1) is 7.86. The van der Waals surface area contributed by atoms with Crippen LogP contribution in [0.15, 0.2) is 0 Å². The maximum absolute atomic E-state index is 5.97. The SMILES string of the molecule is CCCC(CN)N1CCCC2CCCCC21. The lowest BCUT2D eigenvalue weighted by Gasteiger charge is -2.47. The third-order valence-electron chi connectivity index (χ3n) is 4.65. The molecule has 1 aliphatic heterocycles. The van der Waals surface area contributed by atoms with Crippen LogP contribution in [0.3, 0.4) is 0 Å². The Morgan fingerprint density at radius 1 is 1.19 bits per heavy atom. The zero-order valence-corrected chi connectivity index (χ0v) is 10.8. The van der Waals surface area contributed by atoms with Gasteiger partial charge in [0.25, 0.3) is 0 Å². The average Bonchev–Trinajstić information content (AvgIpc) is 2.35. The van der Waals surface area contributed by atoms with E-state index in [-0.39, 0.29) is 0 Å². The van der Waals surface area contributed by atoms with E-state index in [1.165, 1.54) is 57.9 Å². The molecule has 1 heterocycles. The summed E-state index contributed by atoms with van der Waals surface area (Å²) >= 11 is 0. The number of fused-ring (bicyclic) bond motifs is 1. The first-order valence-corrected chi connectivity index (χ1v) is 7.32. The molecule has 0 spiro atoms. The summed E-state index contributed by atoms with van der Waals surface area (Å²) in [7, 11) is 0. The molecule has 1 aliphatic carbocycles. The molecule has 3 unspecified atom stereocenters. The predicted octanol–water partition coefficient (Wildman–Crippen LogP) is 2.77. The van der Waals surface area contributed by atoms with Gasteiger partial charge in [-0.3, -0.25) is 4.90 Å². The highest BCUT2D eigenvalue weighted by Gasteiger charge is 2.35. The van der Waals surface area contributed by atoms with Gasteiger partial charge in [-0.1, -0.05) is 26.2 Å². The van der Waals surface area contributed by atoms with E-state index in [1.807, 2.05) is 0 Å². The second-order valence-corrected chi connectivity index (χ2v) is 5.67. The maximum Gasteiger partial charge on any atom is 0.0221 e. The number of rotatable bonds is 4. The summed E-state index contributed by atoms with van der Waals surface area (Å²) in [5.41, 5.74) is 5.97. The standard InChI is InChI=1S/C14H28N2/c1-2-6-13(11-15)16-10-5-8-12-7-3-4-9-14(12)16/h12-14H,2-11,15H2,1H3. The fourth-order valence-corrected chi connectivity index (χ4v) is 3.87. The number of hydrogen-bond acceptors (Lipinski definition) is 2. The first-order valence-electron chi connectivity index (χ1n) is 7.32. The van der Waals surface area contributed by atoms with Gasteiger partial charge in [0.05, 0.1) is 0 Å². The third kappa shape index (κ3) is 2.60. The predicted molar refractivity (Wildman–Crippen MR) is 69.4 cm³/mol. The molecule has 2 aliphatic rings. The molecule has 1 saturated heterocycles. The molecule has 0 amide bonds. The summed E-state index contributed by atoms with van der Waals surface area (Å²) in [6.07, 6.45) is 11.3. The highest BCUT2D eigenvalue weighted by Crippen LogP contribution is 2.36. The molecule has 2 N–H and O–H groups in total. The van der Waals surface area contributed by atoms with Gasteiger partial charge in [0.1, 0.15) is 0 Å². The van der Waals surface area contributed by atoms with Gasteiger partial charge in [-0.05, 0) is 44.6 Å². The fourth-order valence-electron chi connectivity index (χ4n) is 3.87. The summed E-state index contributed by atoms with van der Waals surface area (Å²) in [4.78, 5) is 2.77. The van der Waals surface area contributed by atoms with Crippen LogP contribution >= 0.6 is 0 Å². The van der Waals surface area contributed by atoms with Crippen LogP contribution in [0.5, 0.6) is 0 Å². The van der Waals surface area contributed by atoms with E-state index >= 15 is 0 Å². The number of hydrogen-bond donors (Lipinski definition) is 1. The van der Waals surface area contributed by atoms with E-state index in [0.29, 0.717) is 6.04 Å². The lowest BCUT2D eigenvalue weighted by Crippen LogP contribution is -2.53. The van der Waals surface area contributed by atoms with Gasteiger partial charge in [0.2, 0.25) is 0 Å². The number of nitrogens with two attached hydrogens (primary N) is 1. The number of piperidine rings is 1. The highest BCUT2D eigenvalue weighted by molar-refractivity contribution is 4.90. The minimum atomic E-state index is 0.663. The van der Waals surface area contributed by atoms with Crippen LogP contribution < -0.4 is 5.73 Å². The Morgan fingerprint density at radius 3 is 2.69 bits per heavy atom. The Balaban J connectivity index is 2.00. The van der Waals surface area contributed by atoms with Crippen LogP contribution in [-0.4, -0.2) is 30.1 Å². The van der Waals surface area contributed by atoms with Gasteiger partial charge in [0.15, 0.2) is 0 Å². The van der Waals surface area contributed by atoms with Crippen molar-refractivity contribution >= 4 is 0 Å².